The lowest BCUT2D eigenvalue weighted by atomic mass is 9.86. The van der Waals surface area contributed by atoms with E-state index in [1.165, 1.54) is 24.1 Å². The molecule has 0 spiro atoms. The molecule has 0 heterocycles. The lowest BCUT2D eigenvalue weighted by molar-refractivity contribution is -0.142. The molecular weight excluding hydrogens is 371 g/mol. The second-order valence-corrected chi connectivity index (χ2v) is 7.97. The van der Waals surface area contributed by atoms with Crippen LogP contribution in [0.4, 0.5) is 4.39 Å². The van der Waals surface area contributed by atoms with Crippen molar-refractivity contribution in [1.82, 2.24) is 10.2 Å². The molecular formula is C23H29FN2O3. The first kappa shape index (κ1) is 22.4. The number of amides is 2. The molecule has 2 aromatic carbocycles. The van der Waals surface area contributed by atoms with Crippen LogP contribution in [0.2, 0.25) is 0 Å². The summed E-state index contributed by atoms with van der Waals surface area (Å²) in [5, 5.41) is 2.56. The average molecular weight is 400 g/mol. The highest BCUT2D eigenvalue weighted by atomic mass is 19.1. The Morgan fingerprint density at radius 1 is 1.10 bits per heavy atom. The summed E-state index contributed by atoms with van der Waals surface area (Å²) >= 11 is 0. The Hall–Kier alpha value is -2.89. The maximum absolute atomic E-state index is 13.2. The van der Waals surface area contributed by atoms with Gasteiger partial charge in [-0.25, -0.2) is 4.39 Å². The predicted octanol–water partition coefficient (Wildman–Crippen LogP) is 3.67. The first-order valence-electron chi connectivity index (χ1n) is 9.61. The van der Waals surface area contributed by atoms with E-state index in [0.29, 0.717) is 5.75 Å². The van der Waals surface area contributed by atoms with Crippen LogP contribution in [-0.4, -0.2) is 36.4 Å². The fourth-order valence-corrected chi connectivity index (χ4v) is 3.01. The molecule has 29 heavy (non-hydrogen) atoms. The molecule has 0 aliphatic rings. The number of likely N-dealkylation sites (N-methyl/N-ethyl adjacent to an activating group) is 1. The standard InChI is InChI=1S/C23H29FN2O3/c1-16(22(28)25-5)26(14-17-10-12-18(24)13-11-17)21(27)15-29-20-9-7-6-8-19(20)23(2,3)4/h6-13,16H,14-15H2,1-5H3,(H,25,28). The fraction of sp³-hybridized carbons (Fsp3) is 0.391. The molecule has 2 amide bonds. The Bertz CT molecular complexity index is 844. The first-order chi connectivity index (χ1) is 13.6. The minimum atomic E-state index is -0.695. The van der Waals surface area contributed by atoms with Crippen LogP contribution < -0.4 is 10.1 Å². The second kappa shape index (κ2) is 9.54. The molecule has 0 aliphatic carbocycles. The Balaban J connectivity index is 2.19. The van der Waals surface area contributed by atoms with Crippen molar-refractivity contribution in [2.24, 2.45) is 0 Å². The first-order valence-corrected chi connectivity index (χ1v) is 9.61. The van der Waals surface area contributed by atoms with Gasteiger partial charge in [-0.15, -0.1) is 0 Å². The normalized spacial score (nSPS) is 12.2. The molecule has 0 saturated heterocycles. The Morgan fingerprint density at radius 2 is 1.72 bits per heavy atom. The summed E-state index contributed by atoms with van der Waals surface area (Å²) in [6, 6.07) is 12.8. The lowest BCUT2D eigenvalue weighted by Gasteiger charge is -2.29. The van der Waals surface area contributed by atoms with Crippen molar-refractivity contribution >= 4 is 11.8 Å². The Kier molecular flexibility index (Phi) is 7.37. The molecule has 0 aliphatic heterocycles. The molecule has 0 fully saturated rings. The molecule has 2 rings (SSSR count). The molecule has 0 saturated carbocycles. The number of halogens is 1. The smallest absolute Gasteiger partial charge is 0.261 e. The third kappa shape index (κ3) is 6.04. The van der Waals surface area contributed by atoms with E-state index in [4.69, 9.17) is 4.74 Å². The zero-order valence-corrected chi connectivity index (χ0v) is 17.7. The van der Waals surface area contributed by atoms with Crippen LogP contribution in [0, 0.1) is 5.82 Å². The highest BCUT2D eigenvalue weighted by Crippen LogP contribution is 2.31. The molecule has 6 heteroatoms. The van der Waals surface area contributed by atoms with Crippen molar-refractivity contribution in [3.63, 3.8) is 0 Å². The van der Waals surface area contributed by atoms with Gasteiger partial charge in [0.1, 0.15) is 17.6 Å². The van der Waals surface area contributed by atoms with Gasteiger partial charge in [0.25, 0.3) is 5.91 Å². The Labute approximate surface area is 171 Å². The van der Waals surface area contributed by atoms with E-state index < -0.39 is 6.04 Å². The lowest BCUT2D eigenvalue weighted by Crippen LogP contribution is -2.48. The van der Waals surface area contributed by atoms with Crippen LogP contribution in [0.5, 0.6) is 5.75 Å². The van der Waals surface area contributed by atoms with Crippen LogP contribution in [0.15, 0.2) is 48.5 Å². The maximum atomic E-state index is 13.2. The quantitative estimate of drug-likeness (QED) is 0.772. The SMILES string of the molecule is CNC(=O)C(C)N(Cc1ccc(F)cc1)C(=O)COc1ccccc1C(C)(C)C. The maximum Gasteiger partial charge on any atom is 0.261 e. The predicted molar refractivity (Wildman–Crippen MR) is 111 cm³/mol. The van der Waals surface area contributed by atoms with Gasteiger partial charge in [0, 0.05) is 13.6 Å². The van der Waals surface area contributed by atoms with Gasteiger partial charge in [0.15, 0.2) is 6.61 Å². The van der Waals surface area contributed by atoms with Crippen molar-refractivity contribution in [3.05, 3.63) is 65.5 Å². The highest BCUT2D eigenvalue weighted by molar-refractivity contribution is 5.87. The van der Waals surface area contributed by atoms with Crippen molar-refractivity contribution in [2.75, 3.05) is 13.7 Å². The molecule has 0 aromatic heterocycles. The van der Waals surface area contributed by atoms with Crippen molar-refractivity contribution in [3.8, 4) is 5.75 Å². The number of rotatable bonds is 7. The van der Waals surface area contributed by atoms with E-state index in [1.807, 2.05) is 24.3 Å². The summed E-state index contributed by atoms with van der Waals surface area (Å²) in [5.74, 6) is -0.319. The minimum Gasteiger partial charge on any atom is -0.483 e. The number of hydrogen-bond donors (Lipinski definition) is 1. The second-order valence-electron chi connectivity index (χ2n) is 7.97. The van der Waals surface area contributed by atoms with Gasteiger partial charge >= 0.3 is 0 Å². The molecule has 1 unspecified atom stereocenters. The summed E-state index contributed by atoms with van der Waals surface area (Å²) in [7, 11) is 1.52. The third-order valence-electron chi connectivity index (χ3n) is 4.73. The monoisotopic (exact) mass is 400 g/mol. The van der Waals surface area contributed by atoms with Crippen LogP contribution in [-0.2, 0) is 21.5 Å². The summed E-state index contributed by atoms with van der Waals surface area (Å²) in [5.41, 5.74) is 1.59. The molecule has 1 N–H and O–H groups in total. The van der Waals surface area contributed by atoms with Crippen LogP contribution in [0.3, 0.4) is 0 Å². The minimum absolute atomic E-state index is 0.136. The number of ether oxygens (including phenoxy) is 1. The van der Waals surface area contributed by atoms with Gasteiger partial charge < -0.3 is 15.0 Å². The van der Waals surface area contributed by atoms with E-state index >= 15 is 0 Å². The van der Waals surface area contributed by atoms with Gasteiger partial charge in [-0.2, -0.15) is 0 Å². The van der Waals surface area contributed by atoms with E-state index in [-0.39, 0.29) is 36.2 Å². The zero-order chi connectivity index (χ0) is 21.6. The van der Waals surface area contributed by atoms with E-state index in [0.717, 1.165) is 11.1 Å². The third-order valence-corrected chi connectivity index (χ3v) is 4.73. The van der Waals surface area contributed by atoms with Gasteiger partial charge in [-0.3, -0.25) is 9.59 Å². The number of carbonyl (C=O) groups excluding carboxylic acids is 2. The fourth-order valence-electron chi connectivity index (χ4n) is 3.01. The summed E-state index contributed by atoms with van der Waals surface area (Å²) in [6.45, 7) is 7.86. The van der Waals surface area contributed by atoms with E-state index in [9.17, 15) is 14.0 Å². The number of nitrogens with one attached hydrogen (secondary N) is 1. The number of carbonyl (C=O) groups is 2. The van der Waals surface area contributed by atoms with Gasteiger partial charge in [-0.1, -0.05) is 51.1 Å². The van der Waals surface area contributed by atoms with E-state index in [2.05, 4.69) is 26.1 Å². The van der Waals surface area contributed by atoms with Gasteiger partial charge in [0.05, 0.1) is 0 Å². The van der Waals surface area contributed by atoms with Crippen LogP contribution in [0.1, 0.15) is 38.8 Å². The number of benzene rings is 2. The number of para-hydroxylation sites is 1. The van der Waals surface area contributed by atoms with E-state index in [1.54, 1.807) is 19.1 Å². The molecule has 0 bridgehead atoms. The van der Waals surface area contributed by atoms with Gasteiger partial charge in [0.2, 0.25) is 5.91 Å². The molecule has 5 nitrogen and oxygen atoms in total. The van der Waals surface area contributed by atoms with Crippen LogP contribution in [0.25, 0.3) is 0 Å². The summed E-state index contributed by atoms with van der Waals surface area (Å²) in [6.07, 6.45) is 0. The average Bonchev–Trinajstić information content (AvgIpc) is 2.70. The molecule has 156 valence electrons. The molecule has 0 radical (unpaired) electrons. The zero-order valence-electron chi connectivity index (χ0n) is 17.7. The van der Waals surface area contributed by atoms with Crippen molar-refractivity contribution < 1.29 is 18.7 Å². The molecule has 2 aromatic rings. The summed E-state index contributed by atoms with van der Waals surface area (Å²) in [4.78, 5) is 26.5. The van der Waals surface area contributed by atoms with Crippen molar-refractivity contribution in [2.45, 2.75) is 45.7 Å². The summed E-state index contributed by atoms with van der Waals surface area (Å²) < 4.78 is 19.0. The molecule has 1 atom stereocenters. The topological polar surface area (TPSA) is 58.6 Å². The van der Waals surface area contributed by atoms with Crippen LogP contribution >= 0.6 is 0 Å². The number of hydrogen-bond acceptors (Lipinski definition) is 3. The van der Waals surface area contributed by atoms with Crippen molar-refractivity contribution in [1.29, 1.82) is 0 Å². The number of nitrogens with zero attached hydrogens (tertiary/aromatic N) is 1. The largest absolute Gasteiger partial charge is 0.483 e. The Morgan fingerprint density at radius 3 is 2.31 bits per heavy atom. The van der Waals surface area contributed by atoms with Gasteiger partial charge in [-0.05, 0) is 41.7 Å². The highest BCUT2D eigenvalue weighted by Gasteiger charge is 2.26.